The fraction of sp³-hybridized carbons (Fsp3) is 0.652. The lowest BCUT2D eigenvalue weighted by molar-refractivity contribution is -0.134. The molecule has 6 heteroatoms. The molecule has 1 atom stereocenters. The Morgan fingerprint density at radius 1 is 0.966 bits per heavy atom. The van der Waals surface area contributed by atoms with Crippen molar-refractivity contribution in [2.24, 2.45) is 11.7 Å². The summed E-state index contributed by atoms with van der Waals surface area (Å²) in [6.07, 6.45) is 8.31. The standard InChI is InChI=1S/C23H34N4O2/c24-18-11-13-27(14-12-18)15-16-1-5-19(6-2-16)25-20-7-3-17(4-8-20)21-9-10-22(28)26-23(21)29/h3-4,7-8,16,18-19,21,25H,1-2,5-6,9-15,24H2,(H,26,28,29). The van der Waals surface area contributed by atoms with Gasteiger partial charge in [0.2, 0.25) is 11.8 Å². The predicted molar refractivity (Wildman–Crippen MR) is 115 cm³/mol. The van der Waals surface area contributed by atoms with E-state index in [1.807, 2.05) is 12.1 Å². The van der Waals surface area contributed by atoms with Crippen LogP contribution in [0.4, 0.5) is 5.69 Å². The van der Waals surface area contributed by atoms with Gasteiger partial charge in [0.05, 0.1) is 5.92 Å². The maximum absolute atomic E-state index is 12.0. The molecule has 1 unspecified atom stereocenters. The fourth-order valence-corrected chi connectivity index (χ4v) is 5.05. The van der Waals surface area contributed by atoms with Crippen LogP contribution in [0.25, 0.3) is 0 Å². The van der Waals surface area contributed by atoms with E-state index in [-0.39, 0.29) is 17.7 Å². The Morgan fingerprint density at radius 2 is 1.66 bits per heavy atom. The van der Waals surface area contributed by atoms with E-state index in [0.29, 0.717) is 24.9 Å². The largest absolute Gasteiger partial charge is 0.382 e. The van der Waals surface area contributed by atoms with E-state index in [1.54, 1.807) is 0 Å². The minimum absolute atomic E-state index is 0.163. The molecule has 1 aliphatic carbocycles. The van der Waals surface area contributed by atoms with Gasteiger partial charge in [0.15, 0.2) is 0 Å². The molecule has 2 saturated heterocycles. The van der Waals surface area contributed by atoms with Crippen molar-refractivity contribution in [2.45, 2.75) is 69.4 Å². The zero-order valence-corrected chi connectivity index (χ0v) is 17.2. The van der Waals surface area contributed by atoms with Crippen LogP contribution in [0.2, 0.25) is 0 Å². The quantitative estimate of drug-likeness (QED) is 0.664. The topological polar surface area (TPSA) is 87.5 Å². The smallest absolute Gasteiger partial charge is 0.234 e. The first-order valence-corrected chi connectivity index (χ1v) is 11.2. The van der Waals surface area contributed by atoms with Crippen molar-refractivity contribution in [1.82, 2.24) is 10.2 Å². The molecule has 1 saturated carbocycles. The number of anilines is 1. The van der Waals surface area contributed by atoms with Gasteiger partial charge in [-0.05, 0) is 81.6 Å². The molecule has 2 heterocycles. The van der Waals surface area contributed by atoms with Crippen LogP contribution < -0.4 is 16.4 Å². The average Bonchev–Trinajstić information content (AvgIpc) is 2.72. The molecule has 29 heavy (non-hydrogen) atoms. The molecule has 6 nitrogen and oxygen atoms in total. The summed E-state index contributed by atoms with van der Waals surface area (Å²) in [6.45, 7) is 3.57. The summed E-state index contributed by atoms with van der Waals surface area (Å²) in [6, 6.07) is 9.13. The number of benzene rings is 1. The van der Waals surface area contributed by atoms with Gasteiger partial charge in [0.1, 0.15) is 0 Å². The van der Waals surface area contributed by atoms with E-state index in [9.17, 15) is 9.59 Å². The number of amides is 2. The maximum atomic E-state index is 12.0. The Kier molecular flexibility index (Phi) is 6.50. The van der Waals surface area contributed by atoms with Crippen LogP contribution in [0, 0.1) is 5.92 Å². The number of hydrogen-bond acceptors (Lipinski definition) is 5. The minimum atomic E-state index is -0.207. The molecule has 4 rings (SSSR count). The summed E-state index contributed by atoms with van der Waals surface area (Å²) >= 11 is 0. The molecule has 2 aliphatic heterocycles. The summed E-state index contributed by atoms with van der Waals surface area (Å²) in [5.41, 5.74) is 8.13. The van der Waals surface area contributed by atoms with Gasteiger partial charge in [0, 0.05) is 30.7 Å². The molecule has 158 valence electrons. The van der Waals surface area contributed by atoms with Gasteiger partial charge in [0.25, 0.3) is 0 Å². The molecule has 3 fully saturated rings. The second-order valence-electron chi connectivity index (χ2n) is 9.13. The van der Waals surface area contributed by atoms with Crippen molar-refractivity contribution < 1.29 is 9.59 Å². The Morgan fingerprint density at radius 3 is 2.31 bits per heavy atom. The predicted octanol–water partition coefficient (Wildman–Crippen LogP) is 2.60. The number of rotatable bonds is 5. The summed E-state index contributed by atoms with van der Waals surface area (Å²) < 4.78 is 0. The number of nitrogens with one attached hydrogen (secondary N) is 2. The van der Waals surface area contributed by atoms with Gasteiger partial charge in [-0.25, -0.2) is 0 Å². The lowest BCUT2D eigenvalue weighted by Crippen LogP contribution is -2.42. The Hall–Kier alpha value is -1.92. The van der Waals surface area contributed by atoms with Gasteiger partial charge in [-0.2, -0.15) is 0 Å². The third-order valence-corrected chi connectivity index (χ3v) is 6.92. The first-order valence-electron chi connectivity index (χ1n) is 11.2. The average molecular weight is 399 g/mol. The first-order chi connectivity index (χ1) is 14.1. The van der Waals surface area contributed by atoms with Crippen LogP contribution in [0.15, 0.2) is 24.3 Å². The molecule has 2 amide bonds. The molecule has 0 aromatic heterocycles. The zero-order chi connectivity index (χ0) is 20.2. The van der Waals surface area contributed by atoms with Crippen molar-refractivity contribution in [1.29, 1.82) is 0 Å². The zero-order valence-electron chi connectivity index (χ0n) is 17.2. The molecular formula is C23H34N4O2. The molecular weight excluding hydrogens is 364 g/mol. The van der Waals surface area contributed by atoms with Crippen LogP contribution >= 0.6 is 0 Å². The van der Waals surface area contributed by atoms with Crippen molar-refractivity contribution in [3.8, 4) is 0 Å². The lowest BCUT2D eigenvalue weighted by atomic mass is 9.85. The number of carbonyl (C=O) groups is 2. The highest BCUT2D eigenvalue weighted by molar-refractivity contribution is 6.00. The molecule has 0 bridgehead atoms. The number of piperidine rings is 2. The highest BCUT2D eigenvalue weighted by Crippen LogP contribution is 2.29. The molecule has 0 spiro atoms. The third-order valence-electron chi connectivity index (χ3n) is 6.92. The number of nitrogens with two attached hydrogens (primary N) is 1. The number of imide groups is 1. The Labute approximate surface area is 173 Å². The SMILES string of the molecule is NC1CCN(CC2CCC(Nc3ccc(C4CCC(=O)NC4=O)cc3)CC2)CC1. The van der Waals surface area contributed by atoms with Gasteiger partial charge >= 0.3 is 0 Å². The number of hydrogen-bond donors (Lipinski definition) is 3. The van der Waals surface area contributed by atoms with Crippen LogP contribution in [0.1, 0.15) is 62.8 Å². The van der Waals surface area contributed by atoms with E-state index < -0.39 is 0 Å². The van der Waals surface area contributed by atoms with Crippen LogP contribution in [0.5, 0.6) is 0 Å². The maximum Gasteiger partial charge on any atom is 0.234 e. The summed E-state index contributed by atoms with van der Waals surface area (Å²) in [5, 5.41) is 6.11. The van der Waals surface area contributed by atoms with Crippen LogP contribution in [-0.4, -0.2) is 48.4 Å². The summed E-state index contributed by atoms with van der Waals surface area (Å²) in [4.78, 5) is 26.0. The summed E-state index contributed by atoms with van der Waals surface area (Å²) in [5.74, 6) is 0.277. The lowest BCUT2D eigenvalue weighted by Gasteiger charge is -2.36. The minimum Gasteiger partial charge on any atom is -0.382 e. The van der Waals surface area contributed by atoms with Gasteiger partial charge in [-0.3, -0.25) is 14.9 Å². The third kappa shape index (κ3) is 5.37. The number of likely N-dealkylation sites (tertiary alicyclic amines) is 1. The van der Waals surface area contributed by atoms with Crippen LogP contribution in [0.3, 0.4) is 0 Å². The molecule has 3 aliphatic rings. The van der Waals surface area contributed by atoms with E-state index in [0.717, 1.165) is 30.0 Å². The first kappa shape index (κ1) is 20.4. The van der Waals surface area contributed by atoms with Crippen molar-refractivity contribution >= 4 is 17.5 Å². The highest BCUT2D eigenvalue weighted by Gasteiger charge is 2.28. The summed E-state index contributed by atoms with van der Waals surface area (Å²) in [7, 11) is 0. The second-order valence-corrected chi connectivity index (χ2v) is 9.13. The van der Waals surface area contributed by atoms with Crippen molar-refractivity contribution in [3.63, 3.8) is 0 Å². The van der Waals surface area contributed by atoms with Crippen molar-refractivity contribution in [2.75, 3.05) is 25.0 Å². The van der Waals surface area contributed by atoms with E-state index >= 15 is 0 Å². The number of carbonyl (C=O) groups excluding carboxylic acids is 2. The van der Waals surface area contributed by atoms with Gasteiger partial charge < -0.3 is 16.0 Å². The van der Waals surface area contributed by atoms with E-state index in [1.165, 1.54) is 45.3 Å². The van der Waals surface area contributed by atoms with Crippen molar-refractivity contribution in [3.05, 3.63) is 29.8 Å². The van der Waals surface area contributed by atoms with Gasteiger partial charge in [-0.1, -0.05) is 12.1 Å². The number of nitrogens with zero attached hydrogens (tertiary/aromatic N) is 1. The Balaban J connectivity index is 1.22. The molecule has 1 aromatic carbocycles. The monoisotopic (exact) mass is 398 g/mol. The second kappa shape index (κ2) is 9.26. The molecule has 4 N–H and O–H groups in total. The Bertz CT molecular complexity index is 704. The van der Waals surface area contributed by atoms with E-state index in [4.69, 9.17) is 5.73 Å². The highest BCUT2D eigenvalue weighted by atomic mass is 16.2. The fourth-order valence-electron chi connectivity index (χ4n) is 5.05. The molecule has 1 aromatic rings. The molecule has 0 radical (unpaired) electrons. The van der Waals surface area contributed by atoms with E-state index in [2.05, 4.69) is 27.7 Å². The van der Waals surface area contributed by atoms with Crippen LogP contribution in [-0.2, 0) is 9.59 Å². The van der Waals surface area contributed by atoms with Gasteiger partial charge in [-0.15, -0.1) is 0 Å². The normalized spacial score (nSPS) is 29.5.